The molecule has 3 amide bonds. The number of nitrogens with one attached hydrogen (secondary N) is 1. The van der Waals surface area contributed by atoms with E-state index in [1.54, 1.807) is 18.1 Å². The summed E-state index contributed by atoms with van der Waals surface area (Å²) in [6.07, 6.45) is 2.49. The van der Waals surface area contributed by atoms with E-state index in [1.807, 2.05) is 12.1 Å². The van der Waals surface area contributed by atoms with E-state index < -0.39 is 11.9 Å². The average Bonchev–Trinajstić information content (AvgIpc) is 3.56. The fraction of sp³-hybridized carbons (Fsp3) is 0.485. The number of aromatic nitrogens is 2. The Bertz CT molecular complexity index is 1590. The van der Waals surface area contributed by atoms with Gasteiger partial charge in [-0.3, -0.25) is 29.6 Å². The van der Waals surface area contributed by atoms with Crippen LogP contribution in [-0.4, -0.2) is 89.7 Å². The number of hydrogen-bond donors (Lipinski definition) is 1. The van der Waals surface area contributed by atoms with Crippen LogP contribution in [0, 0.1) is 5.92 Å². The summed E-state index contributed by atoms with van der Waals surface area (Å²) in [5.41, 5.74) is 5.32. The number of hydrogen-bond acceptors (Lipinski definition) is 9. The van der Waals surface area contributed by atoms with Gasteiger partial charge < -0.3 is 19.1 Å². The Labute approximate surface area is 255 Å². The maximum atomic E-state index is 13.1. The zero-order valence-corrected chi connectivity index (χ0v) is 24.9. The number of nitrogens with zero attached hydrogens (tertiary/aromatic N) is 4. The van der Waals surface area contributed by atoms with Crippen molar-refractivity contribution in [3.05, 3.63) is 65.0 Å². The SMILES string of the molecule is COC[C@@H]1CN(Cc2ccc3nc(C4CCOCC4)ccc3n2)C[C@H]1Oc1ccc2c(c1)CN([C@H]1CCC(=O)NC1=O)C2=O. The summed E-state index contributed by atoms with van der Waals surface area (Å²) < 4.78 is 17.6. The standard InChI is InChI=1S/C33H37N5O6/c1-42-19-22-15-37(17-23-2-5-28-27(34-23)7-6-26(35-28)20-10-12-43-13-11-20)18-30(22)44-24-3-4-25-21(14-24)16-38(33(25)41)29-8-9-31(39)36-32(29)40/h2-7,14,20,22,29-30H,8-13,15-19H2,1H3,(H,36,39,40)/t22-,29-,30+/m0/s1. The highest BCUT2D eigenvalue weighted by Gasteiger charge is 2.40. The smallest absolute Gasteiger partial charge is 0.255 e. The normalized spacial score (nSPS) is 24.6. The van der Waals surface area contributed by atoms with Crippen LogP contribution in [0.5, 0.6) is 5.75 Å². The zero-order valence-electron chi connectivity index (χ0n) is 24.9. The zero-order chi connectivity index (χ0) is 30.2. The van der Waals surface area contributed by atoms with Crippen molar-refractivity contribution in [3.63, 3.8) is 0 Å². The first-order chi connectivity index (χ1) is 21.4. The van der Waals surface area contributed by atoms with Crippen LogP contribution in [0.15, 0.2) is 42.5 Å². The van der Waals surface area contributed by atoms with Crippen molar-refractivity contribution in [2.75, 3.05) is 40.0 Å². The van der Waals surface area contributed by atoms with Crippen molar-refractivity contribution in [1.82, 2.24) is 25.1 Å². The lowest BCUT2D eigenvalue weighted by Crippen LogP contribution is -2.52. The van der Waals surface area contributed by atoms with Gasteiger partial charge in [-0.2, -0.15) is 0 Å². The molecule has 0 bridgehead atoms. The number of fused-ring (bicyclic) bond motifs is 2. The van der Waals surface area contributed by atoms with E-state index in [9.17, 15) is 14.4 Å². The van der Waals surface area contributed by atoms with E-state index in [0.29, 0.717) is 49.9 Å². The highest BCUT2D eigenvalue weighted by molar-refractivity contribution is 6.05. The molecule has 3 fully saturated rings. The van der Waals surface area contributed by atoms with Crippen LogP contribution in [0.2, 0.25) is 0 Å². The summed E-state index contributed by atoms with van der Waals surface area (Å²) >= 11 is 0. The van der Waals surface area contributed by atoms with Gasteiger partial charge in [0.05, 0.1) is 23.3 Å². The number of methoxy groups -OCH3 is 1. The van der Waals surface area contributed by atoms with Crippen molar-refractivity contribution >= 4 is 28.8 Å². The number of amides is 3. The van der Waals surface area contributed by atoms with E-state index in [2.05, 4.69) is 34.5 Å². The third-order valence-corrected chi connectivity index (χ3v) is 9.27. The molecule has 0 aliphatic carbocycles. The molecule has 44 heavy (non-hydrogen) atoms. The van der Waals surface area contributed by atoms with E-state index in [1.165, 1.54) is 0 Å². The molecule has 4 aliphatic rings. The molecule has 0 radical (unpaired) electrons. The summed E-state index contributed by atoms with van der Waals surface area (Å²) in [6.45, 7) is 4.69. The summed E-state index contributed by atoms with van der Waals surface area (Å²) in [5.74, 6) is 0.397. The molecule has 0 spiro atoms. The summed E-state index contributed by atoms with van der Waals surface area (Å²) in [7, 11) is 1.71. The van der Waals surface area contributed by atoms with Crippen molar-refractivity contribution in [1.29, 1.82) is 0 Å². The van der Waals surface area contributed by atoms with Crippen molar-refractivity contribution in [3.8, 4) is 5.75 Å². The largest absolute Gasteiger partial charge is 0.489 e. The number of likely N-dealkylation sites (tertiary alicyclic amines) is 1. The first kappa shape index (κ1) is 28.8. The van der Waals surface area contributed by atoms with Crippen LogP contribution < -0.4 is 10.1 Å². The number of ether oxygens (including phenoxy) is 3. The number of pyridine rings is 2. The van der Waals surface area contributed by atoms with Gasteiger partial charge in [-0.25, -0.2) is 4.98 Å². The molecule has 7 rings (SSSR count). The highest BCUT2D eigenvalue weighted by Crippen LogP contribution is 2.32. The van der Waals surface area contributed by atoms with Crippen LogP contribution in [-0.2, 0) is 32.2 Å². The van der Waals surface area contributed by atoms with Gasteiger partial charge in [0.25, 0.3) is 5.91 Å². The second-order valence-electron chi connectivity index (χ2n) is 12.2. The van der Waals surface area contributed by atoms with Gasteiger partial charge in [0.15, 0.2) is 0 Å². The molecule has 3 saturated heterocycles. The minimum atomic E-state index is -0.639. The van der Waals surface area contributed by atoms with E-state index in [0.717, 1.165) is 60.6 Å². The average molecular weight is 600 g/mol. The van der Waals surface area contributed by atoms with Gasteiger partial charge in [0.1, 0.15) is 17.9 Å². The van der Waals surface area contributed by atoms with E-state index in [-0.39, 0.29) is 30.3 Å². The van der Waals surface area contributed by atoms with Crippen LogP contribution in [0.4, 0.5) is 0 Å². The minimum Gasteiger partial charge on any atom is -0.489 e. The topological polar surface area (TPSA) is 123 Å². The van der Waals surface area contributed by atoms with Crippen molar-refractivity contribution in [2.45, 2.75) is 56.8 Å². The first-order valence-electron chi connectivity index (χ1n) is 15.4. The second-order valence-corrected chi connectivity index (χ2v) is 12.2. The molecule has 0 saturated carbocycles. The van der Waals surface area contributed by atoms with Crippen LogP contribution in [0.25, 0.3) is 11.0 Å². The fourth-order valence-corrected chi connectivity index (χ4v) is 6.97. The summed E-state index contributed by atoms with van der Waals surface area (Å²) in [5, 5.41) is 2.35. The quantitative estimate of drug-likeness (QED) is 0.390. The van der Waals surface area contributed by atoms with Gasteiger partial charge in [-0.05, 0) is 67.3 Å². The number of imide groups is 1. The molecule has 11 nitrogen and oxygen atoms in total. The molecule has 4 aliphatic heterocycles. The Balaban J connectivity index is 1.01. The molecule has 0 unspecified atom stereocenters. The summed E-state index contributed by atoms with van der Waals surface area (Å²) in [6, 6.07) is 13.2. The van der Waals surface area contributed by atoms with Gasteiger partial charge in [-0.15, -0.1) is 0 Å². The number of carbonyl (C=O) groups excluding carboxylic acids is 3. The van der Waals surface area contributed by atoms with E-state index >= 15 is 0 Å². The van der Waals surface area contributed by atoms with Gasteiger partial charge >= 0.3 is 0 Å². The molecule has 2 aromatic heterocycles. The third kappa shape index (κ3) is 5.79. The number of piperidine rings is 1. The van der Waals surface area contributed by atoms with Gasteiger partial charge in [0.2, 0.25) is 11.8 Å². The van der Waals surface area contributed by atoms with Gasteiger partial charge in [0, 0.05) is 76.0 Å². The minimum absolute atomic E-state index is 0.0968. The van der Waals surface area contributed by atoms with Crippen molar-refractivity contribution < 1.29 is 28.6 Å². The predicted molar refractivity (Wildman–Crippen MR) is 160 cm³/mol. The molecule has 11 heteroatoms. The van der Waals surface area contributed by atoms with Crippen LogP contribution >= 0.6 is 0 Å². The Morgan fingerprint density at radius 1 is 0.977 bits per heavy atom. The Kier molecular flexibility index (Phi) is 8.00. The maximum Gasteiger partial charge on any atom is 0.255 e. The Morgan fingerprint density at radius 2 is 1.80 bits per heavy atom. The van der Waals surface area contributed by atoms with Crippen LogP contribution in [0.3, 0.4) is 0 Å². The predicted octanol–water partition coefficient (Wildman–Crippen LogP) is 2.81. The molecule has 1 N–H and O–H groups in total. The monoisotopic (exact) mass is 599 g/mol. The molecular formula is C33H37N5O6. The molecule has 3 aromatic rings. The molecular weight excluding hydrogens is 562 g/mol. The summed E-state index contributed by atoms with van der Waals surface area (Å²) in [4.78, 5) is 50.8. The van der Waals surface area contributed by atoms with Gasteiger partial charge in [-0.1, -0.05) is 0 Å². The number of rotatable bonds is 8. The third-order valence-electron chi connectivity index (χ3n) is 9.27. The molecule has 230 valence electrons. The van der Waals surface area contributed by atoms with Crippen LogP contribution in [0.1, 0.15) is 58.9 Å². The molecule has 3 atom stereocenters. The maximum absolute atomic E-state index is 13.1. The molecule has 6 heterocycles. The lowest BCUT2D eigenvalue weighted by atomic mass is 9.96. The number of benzene rings is 1. The fourth-order valence-electron chi connectivity index (χ4n) is 6.97. The number of carbonyl (C=O) groups is 3. The van der Waals surface area contributed by atoms with Crippen molar-refractivity contribution in [2.24, 2.45) is 5.92 Å². The Hall–Kier alpha value is -3.93. The second kappa shape index (κ2) is 12.2. The Morgan fingerprint density at radius 3 is 2.61 bits per heavy atom. The lowest BCUT2D eigenvalue weighted by molar-refractivity contribution is -0.136. The lowest BCUT2D eigenvalue weighted by Gasteiger charge is -2.29. The first-order valence-corrected chi connectivity index (χ1v) is 15.4. The highest BCUT2D eigenvalue weighted by atomic mass is 16.5. The molecule has 1 aromatic carbocycles. The van der Waals surface area contributed by atoms with E-state index in [4.69, 9.17) is 24.2 Å².